The predicted octanol–water partition coefficient (Wildman–Crippen LogP) is 1.59. The van der Waals surface area contributed by atoms with Gasteiger partial charge in [-0.2, -0.15) is 4.98 Å². The lowest BCUT2D eigenvalue weighted by atomic mass is 10.5. The second-order valence-corrected chi connectivity index (χ2v) is 3.07. The number of nitrogens with zero attached hydrogens (tertiary/aromatic N) is 3. The molecule has 0 aliphatic heterocycles. The highest BCUT2D eigenvalue weighted by Gasteiger charge is 2.06. The van der Waals surface area contributed by atoms with Crippen molar-refractivity contribution >= 4 is 23.2 Å². The van der Waals surface area contributed by atoms with Crippen LogP contribution in [0.4, 0.5) is 0 Å². The molecule has 0 saturated heterocycles. The van der Waals surface area contributed by atoms with Gasteiger partial charge in [-0.25, -0.2) is 0 Å². The molecule has 0 aliphatic rings. The van der Waals surface area contributed by atoms with Gasteiger partial charge >= 0.3 is 0 Å². The zero-order valence-electron chi connectivity index (χ0n) is 7.54. The van der Waals surface area contributed by atoms with Gasteiger partial charge in [-0.1, -0.05) is 11.6 Å². The molecule has 0 amide bonds. The highest BCUT2D eigenvalue weighted by Crippen LogP contribution is 2.18. The first-order chi connectivity index (χ1) is 6.74. The van der Waals surface area contributed by atoms with Gasteiger partial charge in [-0.15, -0.1) is 10.2 Å². The molecule has 0 fully saturated rings. The van der Waals surface area contributed by atoms with E-state index in [0.717, 1.165) is 6.42 Å². The molecule has 0 saturated carbocycles. The van der Waals surface area contributed by atoms with Crippen molar-refractivity contribution in [3.8, 4) is 5.88 Å². The fourth-order valence-corrected chi connectivity index (χ4v) is 0.993. The molecule has 7 heteroatoms. The van der Waals surface area contributed by atoms with Crippen molar-refractivity contribution in [2.24, 2.45) is 0 Å². The second-order valence-electron chi connectivity index (χ2n) is 2.37. The van der Waals surface area contributed by atoms with E-state index in [-0.39, 0.29) is 16.3 Å². The van der Waals surface area contributed by atoms with E-state index in [1.165, 1.54) is 0 Å². The SMILES string of the molecule is COCCCOc1nc(Cl)nnc1Cl. The average Bonchev–Trinajstić information content (AvgIpc) is 2.18. The highest BCUT2D eigenvalue weighted by atomic mass is 35.5. The van der Waals surface area contributed by atoms with E-state index < -0.39 is 0 Å². The Balaban J connectivity index is 2.45. The van der Waals surface area contributed by atoms with Crippen LogP contribution in [0.5, 0.6) is 5.88 Å². The number of halogens is 2. The minimum atomic E-state index is 0.0103. The number of methoxy groups -OCH3 is 1. The maximum absolute atomic E-state index is 5.66. The van der Waals surface area contributed by atoms with Crippen molar-refractivity contribution in [3.63, 3.8) is 0 Å². The fourth-order valence-electron chi connectivity index (χ4n) is 0.744. The van der Waals surface area contributed by atoms with Gasteiger partial charge in [-0.05, 0) is 11.6 Å². The van der Waals surface area contributed by atoms with Gasteiger partial charge in [0.25, 0.3) is 5.88 Å². The van der Waals surface area contributed by atoms with Crippen LogP contribution >= 0.6 is 23.2 Å². The van der Waals surface area contributed by atoms with Crippen molar-refractivity contribution in [1.29, 1.82) is 0 Å². The molecule has 1 aromatic heterocycles. The van der Waals surface area contributed by atoms with Crippen LogP contribution in [0, 0.1) is 0 Å². The smallest absolute Gasteiger partial charge is 0.256 e. The minimum Gasteiger partial charge on any atom is -0.475 e. The van der Waals surface area contributed by atoms with Crippen LogP contribution in [0.2, 0.25) is 10.4 Å². The highest BCUT2D eigenvalue weighted by molar-refractivity contribution is 6.31. The first-order valence-electron chi connectivity index (χ1n) is 3.91. The normalized spacial score (nSPS) is 10.2. The molecule has 0 bridgehead atoms. The third-order valence-electron chi connectivity index (χ3n) is 1.32. The molecule has 1 aromatic rings. The van der Waals surface area contributed by atoms with Crippen molar-refractivity contribution in [2.45, 2.75) is 6.42 Å². The summed E-state index contributed by atoms with van der Waals surface area (Å²) in [6.45, 7) is 1.06. The summed E-state index contributed by atoms with van der Waals surface area (Å²) in [7, 11) is 1.62. The van der Waals surface area contributed by atoms with Gasteiger partial charge in [-0.3, -0.25) is 0 Å². The molecule has 0 radical (unpaired) electrons. The summed E-state index contributed by atoms with van der Waals surface area (Å²) >= 11 is 11.2. The van der Waals surface area contributed by atoms with Crippen molar-refractivity contribution in [3.05, 3.63) is 10.4 Å². The number of rotatable bonds is 5. The van der Waals surface area contributed by atoms with E-state index in [0.29, 0.717) is 13.2 Å². The Hall–Kier alpha value is -0.650. The van der Waals surface area contributed by atoms with Crippen LogP contribution in [0.25, 0.3) is 0 Å². The molecule has 78 valence electrons. The van der Waals surface area contributed by atoms with Crippen LogP contribution in [0.3, 0.4) is 0 Å². The summed E-state index contributed by atoms with van der Waals surface area (Å²) in [6.07, 6.45) is 0.744. The number of hydrogen-bond acceptors (Lipinski definition) is 5. The first-order valence-corrected chi connectivity index (χ1v) is 4.67. The number of aromatic nitrogens is 3. The summed E-state index contributed by atoms with van der Waals surface area (Å²) in [4.78, 5) is 3.77. The van der Waals surface area contributed by atoms with E-state index in [1.54, 1.807) is 7.11 Å². The quantitative estimate of drug-likeness (QED) is 0.729. The lowest BCUT2D eigenvalue weighted by Gasteiger charge is -2.04. The van der Waals surface area contributed by atoms with Crippen molar-refractivity contribution in [1.82, 2.24) is 15.2 Å². The van der Waals surface area contributed by atoms with E-state index in [4.69, 9.17) is 32.7 Å². The molecule has 1 rings (SSSR count). The molecule has 0 N–H and O–H groups in total. The lowest BCUT2D eigenvalue weighted by molar-refractivity contribution is 0.170. The minimum absolute atomic E-state index is 0.0103. The molecule has 1 heterocycles. The fraction of sp³-hybridized carbons (Fsp3) is 0.571. The maximum Gasteiger partial charge on any atom is 0.256 e. The lowest BCUT2D eigenvalue weighted by Crippen LogP contribution is -2.04. The molecule has 0 atom stereocenters. The molecule has 0 unspecified atom stereocenters. The van der Waals surface area contributed by atoms with Crippen molar-refractivity contribution < 1.29 is 9.47 Å². The molecule has 5 nitrogen and oxygen atoms in total. The van der Waals surface area contributed by atoms with Crippen LogP contribution in [0.1, 0.15) is 6.42 Å². The van der Waals surface area contributed by atoms with Gasteiger partial charge in [0, 0.05) is 20.1 Å². The Morgan fingerprint density at radius 1 is 1.21 bits per heavy atom. The summed E-state index contributed by atoms with van der Waals surface area (Å²) in [5.41, 5.74) is 0. The summed E-state index contributed by atoms with van der Waals surface area (Å²) in [5.74, 6) is 0.197. The Bertz CT molecular complexity index is 298. The summed E-state index contributed by atoms with van der Waals surface area (Å²) < 4.78 is 10.1. The Morgan fingerprint density at radius 2 is 2.00 bits per heavy atom. The topological polar surface area (TPSA) is 57.1 Å². The van der Waals surface area contributed by atoms with Gasteiger partial charge in [0.15, 0.2) is 0 Å². The summed E-state index contributed by atoms with van der Waals surface area (Å²) in [5, 5.41) is 7.11. The van der Waals surface area contributed by atoms with E-state index >= 15 is 0 Å². The molecule has 0 aromatic carbocycles. The second kappa shape index (κ2) is 5.95. The van der Waals surface area contributed by atoms with Gasteiger partial charge in [0.1, 0.15) is 0 Å². The molecular weight excluding hydrogens is 229 g/mol. The third-order valence-corrected chi connectivity index (χ3v) is 1.72. The van der Waals surface area contributed by atoms with E-state index in [1.807, 2.05) is 0 Å². The Labute approximate surface area is 91.4 Å². The Kier molecular flexibility index (Phi) is 4.86. The molecule has 0 spiro atoms. The largest absolute Gasteiger partial charge is 0.475 e. The number of hydrogen-bond donors (Lipinski definition) is 0. The molecule has 0 aliphatic carbocycles. The predicted molar refractivity (Wildman–Crippen MR) is 51.8 cm³/mol. The Morgan fingerprint density at radius 3 is 2.71 bits per heavy atom. The number of ether oxygens (including phenoxy) is 2. The summed E-state index contributed by atoms with van der Waals surface area (Å²) in [6, 6.07) is 0. The van der Waals surface area contributed by atoms with Gasteiger partial charge < -0.3 is 9.47 Å². The van der Waals surface area contributed by atoms with E-state index in [9.17, 15) is 0 Å². The molecule has 14 heavy (non-hydrogen) atoms. The first kappa shape index (κ1) is 11.4. The van der Waals surface area contributed by atoms with Crippen LogP contribution in [-0.4, -0.2) is 35.5 Å². The third kappa shape index (κ3) is 3.61. The van der Waals surface area contributed by atoms with Gasteiger partial charge in [0.2, 0.25) is 10.4 Å². The zero-order chi connectivity index (χ0) is 10.4. The van der Waals surface area contributed by atoms with Crippen LogP contribution < -0.4 is 4.74 Å². The van der Waals surface area contributed by atoms with Gasteiger partial charge in [0.05, 0.1) is 6.61 Å². The van der Waals surface area contributed by atoms with Crippen LogP contribution in [0.15, 0.2) is 0 Å². The van der Waals surface area contributed by atoms with Crippen LogP contribution in [-0.2, 0) is 4.74 Å². The van der Waals surface area contributed by atoms with E-state index in [2.05, 4.69) is 15.2 Å². The standard InChI is InChI=1S/C7H9Cl2N3O2/c1-13-3-2-4-14-6-5(8)11-12-7(9)10-6/h2-4H2,1H3. The molecular formula is C7H9Cl2N3O2. The average molecular weight is 238 g/mol. The zero-order valence-corrected chi connectivity index (χ0v) is 9.05. The monoisotopic (exact) mass is 237 g/mol. The van der Waals surface area contributed by atoms with Crippen molar-refractivity contribution in [2.75, 3.05) is 20.3 Å². The maximum atomic E-state index is 5.66.